The molecule has 0 bridgehead atoms. The fourth-order valence-corrected chi connectivity index (χ4v) is 3.64. The molecule has 1 aliphatic heterocycles. The Kier molecular flexibility index (Phi) is 5.39. The van der Waals surface area contributed by atoms with E-state index in [1.807, 2.05) is 18.3 Å². The highest BCUT2D eigenvalue weighted by Gasteiger charge is 2.21. The second-order valence-corrected chi connectivity index (χ2v) is 7.31. The lowest BCUT2D eigenvalue weighted by Crippen LogP contribution is -2.34. The van der Waals surface area contributed by atoms with Gasteiger partial charge in [0.2, 0.25) is 0 Å². The maximum absolute atomic E-state index is 6.28. The van der Waals surface area contributed by atoms with E-state index in [2.05, 4.69) is 46.6 Å². The summed E-state index contributed by atoms with van der Waals surface area (Å²) in [6.07, 6.45) is 6.56. The van der Waals surface area contributed by atoms with Gasteiger partial charge in [0, 0.05) is 36.4 Å². The zero-order valence-electron chi connectivity index (χ0n) is 14.1. The van der Waals surface area contributed by atoms with Crippen molar-refractivity contribution in [2.45, 2.75) is 45.7 Å². The summed E-state index contributed by atoms with van der Waals surface area (Å²) in [4.78, 5) is 7.02. The zero-order valence-corrected chi connectivity index (χ0v) is 14.8. The van der Waals surface area contributed by atoms with E-state index in [1.54, 1.807) is 0 Å². The number of halogens is 1. The van der Waals surface area contributed by atoms with Crippen molar-refractivity contribution in [1.29, 1.82) is 0 Å². The first-order valence-electron chi connectivity index (χ1n) is 8.60. The van der Waals surface area contributed by atoms with Gasteiger partial charge in [-0.15, -0.1) is 0 Å². The van der Waals surface area contributed by atoms with Crippen molar-refractivity contribution < 1.29 is 0 Å². The van der Waals surface area contributed by atoms with Gasteiger partial charge in [0.25, 0.3) is 0 Å². The Labute approximate surface area is 144 Å². The predicted molar refractivity (Wildman–Crippen MR) is 95.8 cm³/mol. The molecule has 0 aliphatic carbocycles. The molecule has 0 saturated carbocycles. The molecule has 0 radical (unpaired) electrons. The molecule has 23 heavy (non-hydrogen) atoms. The van der Waals surface area contributed by atoms with Crippen LogP contribution in [0.3, 0.4) is 0 Å². The van der Waals surface area contributed by atoms with Gasteiger partial charge in [-0.05, 0) is 43.5 Å². The van der Waals surface area contributed by atoms with Crippen molar-refractivity contribution in [2.24, 2.45) is 5.92 Å². The summed E-state index contributed by atoms with van der Waals surface area (Å²) in [5.74, 6) is 2.46. The van der Waals surface area contributed by atoms with E-state index in [0.717, 1.165) is 37.1 Å². The number of hydrogen-bond donors (Lipinski definition) is 0. The molecule has 3 nitrogen and oxygen atoms in total. The number of benzene rings is 1. The van der Waals surface area contributed by atoms with E-state index < -0.39 is 0 Å². The number of nitrogens with zero attached hydrogens (tertiary/aromatic N) is 3. The minimum atomic E-state index is 0.491. The van der Waals surface area contributed by atoms with Gasteiger partial charge < -0.3 is 4.57 Å². The minimum absolute atomic E-state index is 0.491. The first kappa shape index (κ1) is 16.5. The van der Waals surface area contributed by atoms with E-state index in [0.29, 0.717) is 5.92 Å². The summed E-state index contributed by atoms with van der Waals surface area (Å²) in [5, 5.41) is 0.884. The molecule has 1 fully saturated rings. The average Bonchev–Trinajstić information content (AvgIpc) is 3.00. The minimum Gasteiger partial charge on any atom is -0.334 e. The number of piperidine rings is 1. The molecule has 1 aromatic carbocycles. The molecule has 0 spiro atoms. The maximum atomic E-state index is 6.28. The Morgan fingerprint density at radius 3 is 2.65 bits per heavy atom. The van der Waals surface area contributed by atoms with Crippen LogP contribution < -0.4 is 0 Å². The van der Waals surface area contributed by atoms with Crippen LogP contribution in [-0.4, -0.2) is 27.5 Å². The molecule has 0 atom stereocenters. The second-order valence-electron chi connectivity index (χ2n) is 6.90. The van der Waals surface area contributed by atoms with E-state index in [1.165, 1.54) is 24.2 Å². The summed E-state index contributed by atoms with van der Waals surface area (Å²) in [6.45, 7) is 8.81. The second kappa shape index (κ2) is 7.50. The normalized spacial score (nSPS) is 17.0. The Hall–Kier alpha value is -1.32. The molecule has 2 aromatic rings. The first-order valence-corrected chi connectivity index (χ1v) is 8.98. The molecular weight excluding hydrogens is 306 g/mol. The maximum Gasteiger partial charge on any atom is 0.111 e. The van der Waals surface area contributed by atoms with Crippen LogP contribution >= 0.6 is 11.6 Å². The smallest absolute Gasteiger partial charge is 0.111 e. The number of likely N-dealkylation sites (tertiary alicyclic amines) is 1. The van der Waals surface area contributed by atoms with Gasteiger partial charge in [-0.25, -0.2) is 4.98 Å². The average molecular weight is 332 g/mol. The largest absolute Gasteiger partial charge is 0.334 e. The lowest BCUT2D eigenvalue weighted by Gasteiger charge is -2.32. The Balaban J connectivity index is 1.52. The Morgan fingerprint density at radius 1 is 1.22 bits per heavy atom. The predicted octanol–water partition coefficient (Wildman–Crippen LogP) is 4.57. The quantitative estimate of drug-likeness (QED) is 0.800. The third-order valence-corrected chi connectivity index (χ3v) is 5.15. The van der Waals surface area contributed by atoms with Crippen molar-refractivity contribution in [3.63, 3.8) is 0 Å². The van der Waals surface area contributed by atoms with Crippen LogP contribution in [0.1, 0.15) is 44.0 Å². The van der Waals surface area contributed by atoms with E-state index >= 15 is 0 Å². The van der Waals surface area contributed by atoms with Gasteiger partial charge in [0.05, 0.1) is 0 Å². The van der Waals surface area contributed by atoms with Crippen molar-refractivity contribution in [2.75, 3.05) is 13.1 Å². The molecule has 0 amide bonds. The number of hydrogen-bond acceptors (Lipinski definition) is 2. The van der Waals surface area contributed by atoms with Crippen molar-refractivity contribution in [3.8, 4) is 0 Å². The highest BCUT2D eigenvalue weighted by Crippen LogP contribution is 2.24. The highest BCUT2D eigenvalue weighted by molar-refractivity contribution is 6.31. The molecule has 0 unspecified atom stereocenters. The van der Waals surface area contributed by atoms with Crippen LogP contribution in [0.25, 0.3) is 0 Å². The van der Waals surface area contributed by atoms with Crippen LogP contribution in [0.5, 0.6) is 0 Å². The topological polar surface area (TPSA) is 21.1 Å². The molecule has 2 heterocycles. The van der Waals surface area contributed by atoms with Gasteiger partial charge in [-0.3, -0.25) is 4.90 Å². The van der Waals surface area contributed by atoms with Gasteiger partial charge in [-0.1, -0.05) is 43.6 Å². The van der Waals surface area contributed by atoms with Gasteiger partial charge >= 0.3 is 0 Å². The van der Waals surface area contributed by atoms with E-state index in [-0.39, 0.29) is 0 Å². The van der Waals surface area contributed by atoms with Crippen molar-refractivity contribution in [1.82, 2.24) is 14.5 Å². The Morgan fingerprint density at radius 2 is 1.96 bits per heavy atom. The SMILES string of the molecule is CC(C)c1nccn1CC1CCN(Cc2ccccc2Cl)CC1. The summed E-state index contributed by atoms with van der Waals surface area (Å²) in [6, 6.07) is 8.18. The zero-order chi connectivity index (χ0) is 16.2. The third-order valence-electron chi connectivity index (χ3n) is 4.78. The summed E-state index contributed by atoms with van der Waals surface area (Å²) < 4.78 is 2.35. The Bertz CT molecular complexity index is 627. The van der Waals surface area contributed by atoms with E-state index in [9.17, 15) is 0 Å². The fraction of sp³-hybridized carbons (Fsp3) is 0.526. The standard InChI is InChI=1S/C19H26ClN3/c1-15(2)19-21-9-12-23(19)13-16-7-10-22(11-8-16)14-17-5-3-4-6-18(17)20/h3-6,9,12,15-16H,7-8,10-11,13-14H2,1-2H3. The van der Waals surface area contributed by atoms with Crippen LogP contribution in [0.2, 0.25) is 5.02 Å². The van der Waals surface area contributed by atoms with Crippen molar-refractivity contribution in [3.05, 3.63) is 53.1 Å². The molecule has 0 N–H and O–H groups in total. The third kappa shape index (κ3) is 4.15. The monoisotopic (exact) mass is 331 g/mol. The van der Waals surface area contributed by atoms with Crippen LogP contribution in [0.4, 0.5) is 0 Å². The van der Waals surface area contributed by atoms with Crippen LogP contribution in [0, 0.1) is 5.92 Å². The summed E-state index contributed by atoms with van der Waals surface area (Å²) in [5.41, 5.74) is 1.24. The van der Waals surface area contributed by atoms with Gasteiger partial charge in [-0.2, -0.15) is 0 Å². The molecule has 124 valence electrons. The summed E-state index contributed by atoms with van der Waals surface area (Å²) in [7, 11) is 0. The number of aromatic nitrogens is 2. The molecule has 1 aliphatic rings. The van der Waals surface area contributed by atoms with Gasteiger partial charge in [0.1, 0.15) is 5.82 Å². The fourth-order valence-electron chi connectivity index (χ4n) is 3.45. The molecular formula is C19H26ClN3. The highest BCUT2D eigenvalue weighted by atomic mass is 35.5. The van der Waals surface area contributed by atoms with Gasteiger partial charge in [0.15, 0.2) is 0 Å². The number of rotatable bonds is 5. The van der Waals surface area contributed by atoms with Crippen LogP contribution in [0.15, 0.2) is 36.7 Å². The molecule has 1 aromatic heterocycles. The number of imidazole rings is 1. The van der Waals surface area contributed by atoms with E-state index in [4.69, 9.17) is 11.6 Å². The molecule has 4 heteroatoms. The summed E-state index contributed by atoms with van der Waals surface area (Å²) >= 11 is 6.28. The lowest BCUT2D eigenvalue weighted by molar-refractivity contribution is 0.166. The molecule has 3 rings (SSSR count). The van der Waals surface area contributed by atoms with Crippen molar-refractivity contribution >= 4 is 11.6 Å². The lowest BCUT2D eigenvalue weighted by atomic mass is 9.96. The molecule has 1 saturated heterocycles. The first-order chi connectivity index (χ1) is 11.1. The van der Waals surface area contributed by atoms with Crippen LogP contribution in [-0.2, 0) is 13.1 Å².